The Morgan fingerprint density at radius 3 is 2.73 bits per heavy atom. The van der Waals surface area contributed by atoms with Crippen LogP contribution in [0.1, 0.15) is 44.3 Å². The van der Waals surface area contributed by atoms with Crippen LogP contribution in [0.25, 0.3) is 0 Å². The first-order valence-corrected chi connectivity index (χ1v) is 9.75. The molecule has 26 heavy (non-hydrogen) atoms. The van der Waals surface area contributed by atoms with Crippen LogP contribution in [0.15, 0.2) is 18.2 Å². The van der Waals surface area contributed by atoms with E-state index in [1.807, 2.05) is 39.0 Å². The molecule has 0 spiro atoms. The first-order chi connectivity index (χ1) is 12.3. The fraction of sp³-hybridized carbons (Fsp3) is 0.500. The summed E-state index contributed by atoms with van der Waals surface area (Å²) in [4.78, 5) is 19.6. The Kier molecular flexibility index (Phi) is 5.34. The molecular weight excluding hydrogens is 348 g/mol. The highest BCUT2D eigenvalue weighted by atomic mass is 32.1. The van der Waals surface area contributed by atoms with Gasteiger partial charge in [-0.25, -0.2) is 4.98 Å². The van der Waals surface area contributed by atoms with E-state index in [1.54, 1.807) is 4.90 Å². The van der Waals surface area contributed by atoms with E-state index in [2.05, 4.69) is 11.9 Å². The second-order valence-corrected chi connectivity index (χ2v) is 8.44. The number of thiazole rings is 1. The Labute approximate surface area is 158 Å². The number of piperidine rings is 1. The molecule has 1 unspecified atom stereocenters. The molecule has 2 aromatic rings. The number of aromatic nitrogens is 1. The van der Waals surface area contributed by atoms with Crippen molar-refractivity contribution in [3.63, 3.8) is 0 Å². The summed E-state index contributed by atoms with van der Waals surface area (Å²) in [6.07, 6.45) is 1.39. The van der Waals surface area contributed by atoms with Crippen LogP contribution in [0.5, 0.6) is 5.75 Å². The maximum atomic E-state index is 12.8. The number of amides is 1. The minimum Gasteiger partial charge on any atom is -0.491 e. The molecule has 6 heteroatoms. The van der Waals surface area contributed by atoms with Crippen LogP contribution >= 0.6 is 11.3 Å². The summed E-state index contributed by atoms with van der Waals surface area (Å²) in [5, 5.41) is 11.9. The molecular formula is C20H26N2O3S. The van der Waals surface area contributed by atoms with Crippen LogP contribution in [-0.4, -0.2) is 46.2 Å². The average molecular weight is 375 g/mol. The van der Waals surface area contributed by atoms with Crippen molar-refractivity contribution in [1.29, 1.82) is 0 Å². The Morgan fingerprint density at radius 2 is 2.08 bits per heavy atom. The molecule has 140 valence electrons. The van der Waals surface area contributed by atoms with Crippen molar-refractivity contribution in [3.8, 4) is 5.75 Å². The SMILES string of the molecule is Cc1nc(C)c(C(=O)N2CCCC(O)(COc3ccc(C)c(C)c3)C2)s1. The quantitative estimate of drug-likeness (QED) is 0.891. The van der Waals surface area contributed by atoms with Crippen molar-refractivity contribution in [2.24, 2.45) is 0 Å². The van der Waals surface area contributed by atoms with Crippen molar-refractivity contribution < 1.29 is 14.6 Å². The Balaban J connectivity index is 1.67. The highest BCUT2D eigenvalue weighted by Crippen LogP contribution is 2.27. The van der Waals surface area contributed by atoms with Gasteiger partial charge in [-0.2, -0.15) is 0 Å². The van der Waals surface area contributed by atoms with Gasteiger partial charge in [0.15, 0.2) is 0 Å². The van der Waals surface area contributed by atoms with Gasteiger partial charge in [-0.3, -0.25) is 4.79 Å². The summed E-state index contributed by atoms with van der Waals surface area (Å²) in [6.45, 7) is 8.97. The number of likely N-dealkylation sites (tertiary alicyclic amines) is 1. The lowest BCUT2D eigenvalue weighted by Gasteiger charge is -2.38. The molecule has 0 aliphatic carbocycles. The van der Waals surface area contributed by atoms with Crippen LogP contribution < -0.4 is 4.74 Å². The van der Waals surface area contributed by atoms with E-state index in [0.29, 0.717) is 17.8 Å². The molecule has 1 N–H and O–H groups in total. The van der Waals surface area contributed by atoms with E-state index in [4.69, 9.17) is 4.74 Å². The zero-order valence-electron chi connectivity index (χ0n) is 15.8. The summed E-state index contributed by atoms with van der Waals surface area (Å²) in [5.41, 5.74) is 2.10. The van der Waals surface area contributed by atoms with Crippen molar-refractivity contribution in [2.45, 2.75) is 46.1 Å². The Morgan fingerprint density at radius 1 is 1.31 bits per heavy atom. The molecule has 1 aromatic carbocycles. The molecule has 1 aromatic heterocycles. The molecule has 0 saturated carbocycles. The summed E-state index contributed by atoms with van der Waals surface area (Å²) in [6, 6.07) is 5.91. The summed E-state index contributed by atoms with van der Waals surface area (Å²) in [7, 11) is 0. The number of carbonyl (C=O) groups is 1. The number of hydrogen-bond donors (Lipinski definition) is 1. The zero-order chi connectivity index (χ0) is 18.9. The number of rotatable bonds is 4. The van der Waals surface area contributed by atoms with Gasteiger partial charge in [-0.05, 0) is 63.8 Å². The van der Waals surface area contributed by atoms with Gasteiger partial charge in [0.25, 0.3) is 5.91 Å². The number of benzene rings is 1. The number of nitrogens with zero attached hydrogens (tertiary/aromatic N) is 2. The van der Waals surface area contributed by atoms with Crippen LogP contribution in [-0.2, 0) is 0 Å². The molecule has 2 heterocycles. The predicted molar refractivity (Wildman–Crippen MR) is 103 cm³/mol. The van der Waals surface area contributed by atoms with Crippen LogP contribution in [0.2, 0.25) is 0 Å². The van der Waals surface area contributed by atoms with Crippen LogP contribution in [0.4, 0.5) is 0 Å². The van der Waals surface area contributed by atoms with E-state index < -0.39 is 5.60 Å². The molecule has 1 aliphatic rings. The summed E-state index contributed by atoms with van der Waals surface area (Å²) < 4.78 is 5.85. The second-order valence-electron chi connectivity index (χ2n) is 7.24. The predicted octanol–water partition coefficient (Wildman–Crippen LogP) is 3.42. The molecule has 0 radical (unpaired) electrons. The summed E-state index contributed by atoms with van der Waals surface area (Å²) in [5.74, 6) is 0.705. The van der Waals surface area contributed by atoms with E-state index in [0.717, 1.165) is 28.4 Å². The lowest BCUT2D eigenvalue weighted by Crippen LogP contribution is -2.53. The number of ether oxygens (including phenoxy) is 1. The molecule has 3 rings (SSSR count). The monoisotopic (exact) mass is 374 g/mol. The maximum absolute atomic E-state index is 12.8. The fourth-order valence-corrected chi connectivity index (χ4v) is 4.19. The first kappa shape index (κ1) is 18.9. The zero-order valence-corrected chi connectivity index (χ0v) is 16.7. The number of β-amino-alcohol motifs (C(OH)–C–C–N with tert-alkyl or cyclic N) is 1. The minimum atomic E-state index is -1.03. The molecule has 5 nitrogen and oxygen atoms in total. The van der Waals surface area contributed by atoms with E-state index in [9.17, 15) is 9.90 Å². The van der Waals surface area contributed by atoms with Crippen LogP contribution in [0, 0.1) is 27.7 Å². The Bertz CT molecular complexity index is 817. The van der Waals surface area contributed by atoms with Gasteiger partial charge in [-0.15, -0.1) is 11.3 Å². The number of aliphatic hydroxyl groups is 1. The highest BCUT2D eigenvalue weighted by Gasteiger charge is 2.37. The van der Waals surface area contributed by atoms with Gasteiger partial charge in [0.2, 0.25) is 0 Å². The minimum absolute atomic E-state index is 0.0441. The topological polar surface area (TPSA) is 62.7 Å². The molecule has 0 bridgehead atoms. The van der Waals surface area contributed by atoms with E-state index in [-0.39, 0.29) is 19.1 Å². The third-order valence-corrected chi connectivity index (χ3v) is 5.99. The fourth-order valence-electron chi connectivity index (χ4n) is 3.30. The van der Waals surface area contributed by atoms with E-state index in [1.165, 1.54) is 16.9 Å². The van der Waals surface area contributed by atoms with Gasteiger partial charge >= 0.3 is 0 Å². The smallest absolute Gasteiger partial charge is 0.265 e. The van der Waals surface area contributed by atoms with Crippen LogP contribution in [0.3, 0.4) is 0 Å². The van der Waals surface area contributed by atoms with Gasteiger partial charge in [0, 0.05) is 6.54 Å². The molecule has 1 aliphatic heterocycles. The van der Waals surface area contributed by atoms with Gasteiger partial charge in [0.1, 0.15) is 22.8 Å². The van der Waals surface area contributed by atoms with Gasteiger partial charge in [-0.1, -0.05) is 6.07 Å². The average Bonchev–Trinajstić information content (AvgIpc) is 2.94. The van der Waals surface area contributed by atoms with Crippen molar-refractivity contribution in [2.75, 3.05) is 19.7 Å². The largest absolute Gasteiger partial charge is 0.491 e. The number of hydrogen-bond acceptors (Lipinski definition) is 5. The lowest BCUT2D eigenvalue weighted by atomic mass is 9.93. The third-order valence-electron chi connectivity index (χ3n) is 4.93. The highest BCUT2D eigenvalue weighted by molar-refractivity contribution is 7.13. The molecule has 1 saturated heterocycles. The maximum Gasteiger partial charge on any atom is 0.265 e. The van der Waals surface area contributed by atoms with Gasteiger partial charge in [0.05, 0.1) is 17.2 Å². The van der Waals surface area contributed by atoms with E-state index >= 15 is 0 Å². The molecule has 1 amide bonds. The lowest BCUT2D eigenvalue weighted by molar-refractivity contribution is -0.0531. The number of aryl methyl sites for hydroxylation is 4. The van der Waals surface area contributed by atoms with Gasteiger partial charge < -0.3 is 14.7 Å². The van der Waals surface area contributed by atoms with Crippen molar-refractivity contribution >= 4 is 17.2 Å². The standard InChI is InChI=1S/C20H26N2O3S/c1-13-6-7-17(10-14(13)2)25-12-20(24)8-5-9-22(11-20)19(23)18-15(3)21-16(4)26-18/h6-7,10,24H,5,8-9,11-12H2,1-4H3. The van der Waals surface area contributed by atoms with Crippen molar-refractivity contribution in [3.05, 3.63) is 44.9 Å². The first-order valence-electron chi connectivity index (χ1n) is 8.93. The Hall–Kier alpha value is -1.92. The third kappa shape index (κ3) is 4.07. The molecule has 1 atom stereocenters. The normalized spacial score (nSPS) is 20.3. The van der Waals surface area contributed by atoms with Crippen molar-refractivity contribution in [1.82, 2.24) is 9.88 Å². The number of carbonyl (C=O) groups excluding carboxylic acids is 1. The molecule has 1 fully saturated rings. The summed E-state index contributed by atoms with van der Waals surface area (Å²) >= 11 is 1.41. The second kappa shape index (κ2) is 7.37.